The van der Waals surface area contributed by atoms with Gasteiger partial charge in [0.05, 0.1) is 31.3 Å². The molecule has 41 heavy (non-hydrogen) atoms. The van der Waals surface area contributed by atoms with Crippen molar-refractivity contribution < 1.29 is 13.7 Å². The normalized spacial score (nSPS) is 25.4. The highest BCUT2D eigenvalue weighted by Crippen LogP contribution is 2.53. The van der Waals surface area contributed by atoms with Crippen molar-refractivity contribution in [1.82, 2.24) is 15.0 Å². The average molecular weight is 579 g/mol. The van der Waals surface area contributed by atoms with Crippen LogP contribution in [0.1, 0.15) is 39.7 Å². The van der Waals surface area contributed by atoms with E-state index < -0.39 is 9.73 Å². The van der Waals surface area contributed by atoms with Crippen LogP contribution in [0.25, 0.3) is 0 Å². The third-order valence-electron chi connectivity index (χ3n) is 8.17. The zero-order valence-electron chi connectivity index (χ0n) is 24.7. The lowest BCUT2D eigenvalue weighted by atomic mass is 9.73. The first-order valence-corrected chi connectivity index (χ1v) is 16.5. The van der Waals surface area contributed by atoms with Gasteiger partial charge < -0.3 is 24.6 Å². The fourth-order valence-corrected chi connectivity index (χ4v) is 6.62. The molecule has 2 N–H and O–H groups in total. The van der Waals surface area contributed by atoms with Gasteiger partial charge in [0.15, 0.2) is 18.5 Å². The summed E-state index contributed by atoms with van der Waals surface area (Å²) in [5, 5.41) is 3.40. The second-order valence-corrected chi connectivity index (χ2v) is 15.0. The fourth-order valence-electron chi connectivity index (χ4n) is 6.07. The Balaban J connectivity index is 1.35. The van der Waals surface area contributed by atoms with Crippen molar-refractivity contribution in [2.24, 2.45) is 4.36 Å². The van der Waals surface area contributed by atoms with E-state index in [-0.39, 0.29) is 17.1 Å². The minimum absolute atomic E-state index is 0.0547. The van der Waals surface area contributed by atoms with Gasteiger partial charge in [0.1, 0.15) is 11.6 Å². The zero-order valence-corrected chi connectivity index (χ0v) is 25.5. The van der Waals surface area contributed by atoms with Crippen LogP contribution in [-0.4, -0.2) is 80.5 Å². The molecule has 0 saturated carbocycles. The highest BCUT2D eigenvalue weighted by molar-refractivity contribution is 7.92. The lowest BCUT2D eigenvalue weighted by Gasteiger charge is -2.46. The summed E-state index contributed by atoms with van der Waals surface area (Å²) in [6.07, 6.45) is 6.29. The van der Waals surface area contributed by atoms with Crippen LogP contribution in [0.2, 0.25) is 0 Å². The van der Waals surface area contributed by atoms with Crippen molar-refractivity contribution in [3.05, 3.63) is 54.2 Å². The van der Waals surface area contributed by atoms with Gasteiger partial charge in [-0.15, -0.1) is 0 Å². The zero-order chi connectivity index (χ0) is 29.0. The van der Waals surface area contributed by atoms with Crippen molar-refractivity contribution in [2.45, 2.75) is 57.3 Å². The predicted octanol–water partition coefficient (Wildman–Crippen LogP) is 4.69. The number of morpholine rings is 1. The van der Waals surface area contributed by atoms with Gasteiger partial charge in [0, 0.05) is 57.7 Å². The lowest BCUT2D eigenvalue weighted by Crippen LogP contribution is -2.54. The maximum absolute atomic E-state index is 12.4. The molecular formula is C30H40N7O3S+. The maximum atomic E-state index is 12.4. The molecule has 10 nitrogen and oxygen atoms in total. The van der Waals surface area contributed by atoms with Crippen LogP contribution in [0.4, 0.5) is 34.8 Å². The van der Waals surface area contributed by atoms with Crippen molar-refractivity contribution in [2.75, 3.05) is 53.9 Å². The highest BCUT2D eigenvalue weighted by Gasteiger charge is 2.55. The maximum Gasteiger partial charge on any atom is 0.229 e. The van der Waals surface area contributed by atoms with Crippen LogP contribution in [0.3, 0.4) is 0 Å². The van der Waals surface area contributed by atoms with Gasteiger partial charge >= 0.3 is 0 Å². The molecule has 2 saturated heterocycles. The van der Waals surface area contributed by atoms with Crippen LogP contribution in [0, 0.1) is 0 Å². The number of ether oxygens (including phenoxy) is 2. The predicted molar refractivity (Wildman–Crippen MR) is 165 cm³/mol. The van der Waals surface area contributed by atoms with Crippen LogP contribution in [-0.2, 0) is 19.9 Å². The molecule has 218 valence electrons. The Morgan fingerprint density at radius 1 is 1.12 bits per heavy atom. The Labute approximate surface area is 242 Å². The molecule has 2 fully saturated rings. The third-order valence-corrected chi connectivity index (χ3v) is 8.80. The van der Waals surface area contributed by atoms with Gasteiger partial charge in [0.2, 0.25) is 5.95 Å². The molecule has 1 aromatic carbocycles. The van der Waals surface area contributed by atoms with E-state index in [0.29, 0.717) is 24.5 Å². The van der Waals surface area contributed by atoms with E-state index in [4.69, 9.17) is 19.7 Å². The Morgan fingerprint density at radius 3 is 2.63 bits per heavy atom. The lowest BCUT2D eigenvalue weighted by molar-refractivity contribution is -0.102. The van der Waals surface area contributed by atoms with E-state index in [0.717, 1.165) is 49.0 Å². The number of nitrogens with one attached hydrogen (secondary N) is 1. The number of aromatic nitrogens is 3. The molecule has 3 atom stereocenters. The number of aliphatic hydroxyl groups is 2. The SMILES string of the molecule is C[C@H]1CN(c2ccc(Nc3ncc4c(n3)N(c3cccc(N=S(C)(C)=O)n3)[C@@H]3CC(C)(C)OC[C@]43C)cc2)CC[OH+]1. The van der Waals surface area contributed by atoms with Gasteiger partial charge in [-0.1, -0.05) is 13.0 Å². The molecule has 0 bridgehead atoms. The molecule has 0 amide bonds. The molecule has 0 aliphatic carbocycles. The largest absolute Gasteiger partial charge is 0.429 e. The summed E-state index contributed by atoms with van der Waals surface area (Å²) < 4.78 is 27.7. The molecule has 2 aromatic heterocycles. The van der Waals surface area contributed by atoms with Crippen LogP contribution < -0.4 is 15.1 Å². The smallest absolute Gasteiger partial charge is 0.229 e. The van der Waals surface area contributed by atoms with Crippen molar-refractivity contribution in [3.8, 4) is 0 Å². The fraction of sp³-hybridized carbons (Fsp3) is 0.500. The molecule has 0 spiro atoms. The number of fused-ring (bicyclic) bond motifs is 3. The summed E-state index contributed by atoms with van der Waals surface area (Å²) in [6, 6.07) is 14.1. The van der Waals surface area contributed by atoms with Crippen molar-refractivity contribution in [3.63, 3.8) is 0 Å². The molecule has 0 radical (unpaired) electrons. The standard InChI is InChI=1S/C30H39N7O3S/c1-20-18-36(14-15-39-20)22-12-10-21(11-13-22)32-28-31-17-23-27(34-28)37(24-16-29(2,3)40-19-30(23,24)4)26-9-7-8-25(33-26)35-41(5,6)38/h7-13,17,20,24H,14-16,18-19H2,1-6H3,(H,31,32,34)/p+1/t20-,24+,30+/m0/s1. The first kappa shape index (κ1) is 27.9. The average Bonchev–Trinajstić information content (AvgIpc) is 3.15. The number of hydrogen-bond acceptors (Lipinski definition) is 9. The Bertz CT molecular complexity index is 1560. The second kappa shape index (κ2) is 10.2. The van der Waals surface area contributed by atoms with E-state index in [1.807, 2.05) is 18.3 Å². The van der Waals surface area contributed by atoms with Crippen LogP contribution in [0.15, 0.2) is 53.0 Å². The number of anilines is 5. The Morgan fingerprint density at radius 2 is 1.90 bits per heavy atom. The molecule has 0 unspecified atom stereocenters. The highest BCUT2D eigenvalue weighted by atomic mass is 32.2. The summed E-state index contributed by atoms with van der Waals surface area (Å²) in [7, 11) is -2.36. The van der Waals surface area contributed by atoms with Crippen LogP contribution >= 0.6 is 0 Å². The van der Waals surface area contributed by atoms with Gasteiger partial charge in [-0.25, -0.2) is 14.2 Å². The van der Waals surface area contributed by atoms with E-state index in [2.05, 4.69) is 76.2 Å². The summed E-state index contributed by atoms with van der Waals surface area (Å²) in [5.74, 6) is 2.49. The summed E-state index contributed by atoms with van der Waals surface area (Å²) in [6.45, 7) is 11.9. The minimum Gasteiger partial charge on any atom is -0.429 e. The van der Waals surface area contributed by atoms with E-state index >= 15 is 0 Å². The van der Waals surface area contributed by atoms with E-state index in [9.17, 15) is 4.21 Å². The quantitative estimate of drug-likeness (QED) is 0.435. The number of rotatable bonds is 5. The van der Waals surface area contributed by atoms with E-state index in [1.54, 1.807) is 18.6 Å². The Kier molecular flexibility index (Phi) is 6.94. The summed E-state index contributed by atoms with van der Waals surface area (Å²) in [4.78, 5) is 19.2. The first-order valence-electron chi connectivity index (χ1n) is 14.1. The van der Waals surface area contributed by atoms with Gasteiger partial charge in [-0.2, -0.15) is 9.35 Å². The monoisotopic (exact) mass is 578 g/mol. The van der Waals surface area contributed by atoms with Crippen molar-refractivity contribution >= 4 is 44.5 Å². The topological polar surface area (TPSA) is 109 Å². The van der Waals surface area contributed by atoms with Gasteiger partial charge in [-0.3, -0.25) is 0 Å². The number of hydrogen-bond donors (Lipinski definition) is 1. The third kappa shape index (κ3) is 5.62. The first-order chi connectivity index (χ1) is 19.4. The minimum atomic E-state index is -2.36. The van der Waals surface area contributed by atoms with Crippen LogP contribution in [0.5, 0.6) is 0 Å². The number of pyridine rings is 1. The molecule has 3 aliphatic rings. The summed E-state index contributed by atoms with van der Waals surface area (Å²) >= 11 is 0. The molecular weight excluding hydrogens is 538 g/mol. The van der Waals surface area contributed by atoms with Gasteiger partial charge in [-0.05, 0) is 56.7 Å². The number of benzene rings is 1. The molecule has 3 aromatic rings. The Hall–Kier alpha value is -3.28. The molecule has 5 heterocycles. The molecule has 3 aliphatic heterocycles. The summed E-state index contributed by atoms with van der Waals surface area (Å²) in [5.41, 5.74) is 2.52. The molecule has 6 rings (SSSR count). The second-order valence-electron chi connectivity index (χ2n) is 12.5. The van der Waals surface area contributed by atoms with E-state index in [1.165, 1.54) is 5.69 Å². The van der Waals surface area contributed by atoms with Gasteiger partial charge in [0.25, 0.3) is 0 Å². The van der Waals surface area contributed by atoms with Crippen molar-refractivity contribution in [1.29, 1.82) is 0 Å². The molecule has 11 heteroatoms. The number of nitrogens with zero attached hydrogens (tertiary/aromatic N) is 6.